The Labute approximate surface area is 197 Å². The summed E-state index contributed by atoms with van der Waals surface area (Å²) in [6.07, 6.45) is 13.2. The first-order chi connectivity index (χ1) is 15.3. The van der Waals surface area contributed by atoms with Gasteiger partial charge in [0.15, 0.2) is 0 Å². The number of hydrogen-bond acceptors (Lipinski definition) is 1. The monoisotopic (exact) mass is 429 g/mol. The number of fused-ring (bicyclic) bond motifs is 3. The second-order valence-electron chi connectivity index (χ2n) is 11.1. The molecule has 1 aromatic rings. The van der Waals surface area contributed by atoms with Crippen LogP contribution in [0, 0.1) is 23.2 Å². The van der Waals surface area contributed by atoms with E-state index in [1.54, 1.807) is 16.7 Å². The van der Waals surface area contributed by atoms with Crippen molar-refractivity contribution >= 4 is 5.69 Å². The predicted molar refractivity (Wildman–Crippen MR) is 140 cm³/mol. The molecule has 0 heterocycles. The molecule has 0 amide bonds. The Kier molecular flexibility index (Phi) is 6.57. The number of nitrogens with zero attached hydrogens (tertiary/aromatic N) is 1. The van der Waals surface area contributed by atoms with Gasteiger partial charge in [0.25, 0.3) is 0 Å². The molecular formula is C31H43N. The van der Waals surface area contributed by atoms with Gasteiger partial charge in [0.05, 0.1) is 0 Å². The summed E-state index contributed by atoms with van der Waals surface area (Å²) in [6.45, 7) is 15.7. The van der Waals surface area contributed by atoms with Gasteiger partial charge in [-0.3, -0.25) is 0 Å². The lowest BCUT2D eigenvalue weighted by Gasteiger charge is -2.53. The van der Waals surface area contributed by atoms with E-state index in [0.717, 1.165) is 11.8 Å². The Morgan fingerprint density at radius 1 is 1.16 bits per heavy atom. The van der Waals surface area contributed by atoms with Gasteiger partial charge >= 0.3 is 0 Å². The van der Waals surface area contributed by atoms with E-state index >= 15 is 0 Å². The number of benzene rings is 1. The lowest BCUT2D eigenvalue weighted by molar-refractivity contribution is 0.0777. The average Bonchev–Trinajstić information content (AvgIpc) is 3.12. The van der Waals surface area contributed by atoms with E-state index in [4.69, 9.17) is 0 Å². The number of hydrogen-bond donors (Lipinski definition) is 0. The second-order valence-corrected chi connectivity index (χ2v) is 11.1. The van der Waals surface area contributed by atoms with Gasteiger partial charge in [0, 0.05) is 25.7 Å². The number of allylic oxidation sites excluding steroid dienone is 6. The summed E-state index contributed by atoms with van der Waals surface area (Å²) >= 11 is 0. The second kappa shape index (κ2) is 9.08. The fourth-order valence-corrected chi connectivity index (χ4v) is 7.67. The fraction of sp³-hybridized carbons (Fsp3) is 0.548. The highest BCUT2D eigenvalue weighted by atomic mass is 15.1. The van der Waals surface area contributed by atoms with Crippen molar-refractivity contribution in [1.29, 1.82) is 0 Å². The molecule has 5 unspecified atom stereocenters. The SMILES string of the molecule is C=C/C=C1/CCC2C(=C1CCC)C(c1ccc(N(C)C)cc1)CC1(C)C(C(=C)C)CCC21. The van der Waals surface area contributed by atoms with E-state index in [2.05, 4.69) is 83.3 Å². The highest BCUT2D eigenvalue weighted by molar-refractivity contribution is 5.51. The van der Waals surface area contributed by atoms with Crippen molar-refractivity contribution in [2.45, 2.75) is 71.6 Å². The summed E-state index contributed by atoms with van der Waals surface area (Å²) in [4.78, 5) is 2.20. The van der Waals surface area contributed by atoms with E-state index in [-0.39, 0.29) is 0 Å². The van der Waals surface area contributed by atoms with Crippen LogP contribution in [-0.4, -0.2) is 14.1 Å². The Morgan fingerprint density at radius 3 is 2.47 bits per heavy atom. The number of anilines is 1. The van der Waals surface area contributed by atoms with Crippen LogP contribution in [0.1, 0.15) is 77.2 Å². The third-order valence-corrected chi connectivity index (χ3v) is 9.00. The van der Waals surface area contributed by atoms with Gasteiger partial charge in [-0.15, -0.1) is 0 Å². The third-order valence-electron chi connectivity index (χ3n) is 9.00. The van der Waals surface area contributed by atoms with Crippen LogP contribution in [0.5, 0.6) is 0 Å². The molecule has 172 valence electrons. The standard InChI is InChI=1S/C31H43N/c1-8-10-22-14-17-26-29-19-18-28(21(3)4)31(29,5)20-27(30(26)25(22)11-9-2)23-12-15-24(16-13-23)32(6)7/h8,10,12-13,15-16,26-29H,1,3,9,11,14,17-20H2,2,4-7H3/b22-10-. The van der Waals surface area contributed by atoms with Gasteiger partial charge in [-0.2, -0.15) is 0 Å². The van der Waals surface area contributed by atoms with Crippen molar-refractivity contribution in [1.82, 2.24) is 0 Å². The van der Waals surface area contributed by atoms with Gasteiger partial charge < -0.3 is 4.90 Å². The molecule has 1 nitrogen and oxygen atoms in total. The van der Waals surface area contributed by atoms with Crippen LogP contribution >= 0.6 is 0 Å². The summed E-state index contributed by atoms with van der Waals surface area (Å²) in [5, 5.41) is 0. The zero-order chi connectivity index (χ0) is 23.0. The fourth-order valence-electron chi connectivity index (χ4n) is 7.67. The largest absolute Gasteiger partial charge is 0.378 e. The normalized spacial score (nSPS) is 33.1. The van der Waals surface area contributed by atoms with E-state index in [1.807, 2.05) is 6.08 Å². The van der Waals surface area contributed by atoms with Crippen LogP contribution in [0.3, 0.4) is 0 Å². The van der Waals surface area contributed by atoms with Crippen molar-refractivity contribution in [3.63, 3.8) is 0 Å². The molecule has 0 bridgehead atoms. The molecule has 1 aromatic carbocycles. The molecule has 2 fully saturated rings. The minimum atomic E-state index is 0.363. The Hall–Kier alpha value is -2.02. The average molecular weight is 430 g/mol. The topological polar surface area (TPSA) is 3.24 Å². The van der Waals surface area contributed by atoms with E-state index in [1.165, 1.54) is 61.8 Å². The highest BCUT2D eigenvalue weighted by Gasteiger charge is 2.56. The van der Waals surface area contributed by atoms with Crippen LogP contribution in [0.4, 0.5) is 5.69 Å². The van der Waals surface area contributed by atoms with E-state index in [0.29, 0.717) is 17.3 Å². The molecule has 5 atom stereocenters. The lowest BCUT2D eigenvalue weighted by atomic mass is 9.52. The zero-order valence-electron chi connectivity index (χ0n) is 21.1. The summed E-state index contributed by atoms with van der Waals surface area (Å²) in [7, 11) is 4.26. The van der Waals surface area contributed by atoms with Crippen LogP contribution in [0.25, 0.3) is 0 Å². The maximum atomic E-state index is 4.45. The molecule has 0 N–H and O–H groups in total. The van der Waals surface area contributed by atoms with Gasteiger partial charge in [0.2, 0.25) is 0 Å². The zero-order valence-corrected chi connectivity index (χ0v) is 21.1. The molecular weight excluding hydrogens is 386 g/mol. The molecule has 32 heavy (non-hydrogen) atoms. The molecule has 3 aliphatic carbocycles. The summed E-state index contributed by atoms with van der Waals surface area (Å²) in [6, 6.07) is 9.45. The molecule has 0 aliphatic heterocycles. The lowest BCUT2D eigenvalue weighted by Crippen LogP contribution is -2.43. The third kappa shape index (κ3) is 3.82. The van der Waals surface area contributed by atoms with E-state index < -0.39 is 0 Å². The van der Waals surface area contributed by atoms with Crippen LogP contribution in [-0.2, 0) is 0 Å². The molecule has 0 spiro atoms. The summed E-state index contributed by atoms with van der Waals surface area (Å²) in [5.41, 5.74) is 9.57. The van der Waals surface area contributed by atoms with Crippen molar-refractivity contribution < 1.29 is 0 Å². The minimum Gasteiger partial charge on any atom is -0.378 e. The van der Waals surface area contributed by atoms with Gasteiger partial charge in [0.1, 0.15) is 0 Å². The quantitative estimate of drug-likeness (QED) is 0.410. The first kappa shape index (κ1) is 23.1. The first-order valence-corrected chi connectivity index (χ1v) is 12.8. The molecule has 0 radical (unpaired) electrons. The number of rotatable bonds is 6. The van der Waals surface area contributed by atoms with Gasteiger partial charge in [-0.25, -0.2) is 0 Å². The Balaban J connectivity index is 1.88. The molecule has 2 saturated carbocycles. The van der Waals surface area contributed by atoms with E-state index in [9.17, 15) is 0 Å². The minimum absolute atomic E-state index is 0.363. The summed E-state index contributed by atoms with van der Waals surface area (Å²) < 4.78 is 0. The maximum absolute atomic E-state index is 4.45. The van der Waals surface area contributed by atoms with Crippen LogP contribution < -0.4 is 4.90 Å². The first-order valence-electron chi connectivity index (χ1n) is 12.8. The highest BCUT2D eigenvalue weighted by Crippen LogP contribution is 2.66. The van der Waals surface area contributed by atoms with Crippen LogP contribution in [0.2, 0.25) is 0 Å². The van der Waals surface area contributed by atoms with Crippen molar-refractivity contribution in [3.8, 4) is 0 Å². The molecule has 3 aliphatic rings. The van der Waals surface area contributed by atoms with Crippen molar-refractivity contribution in [2.75, 3.05) is 19.0 Å². The molecule has 0 aromatic heterocycles. The smallest absolute Gasteiger partial charge is 0.0361 e. The molecule has 4 rings (SSSR count). The maximum Gasteiger partial charge on any atom is 0.0361 e. The van der Waals surface area contributed by atoms with Gasteiger partial charge in [-0.05, 0) is 97.5 Å². The predicted octanol–water partition coefficient (Wildman–Crippen LogP) is 8.47. The van der Waals surface area contributed by atoms with Crippen molar-refractivity contribution in [2.24, 2.45) is 23.2 Å². The molecule has 1 heteroatoms. The van der Waals surface area contributed by atoms with Gasteiger partial charge in [-0.1, -0.05) is 68.9 Å². The van der Waals surface area contributed by atoms with Crippen LogP contribution in [0.15, 0.2) is 71.9 Å². The Bertz CT molecular complexity index is 928. The summed E-state index contributed by atoms with van der Waals surface area (Å²) in [5.74, 6) is 2.71. The Morgan fingerprint density at radius 2 is 1.88 bits per heavy atom. The molecule has 0 saturated heterocycles. The van der Waals surface area contributed by atoms with Crippen molar-refractivity contribution in [3.05, 3.63) is 77.4 Å².